The van der Waals surface area contributed by atoms with E-state index in [1.54, 1.807) is 13.3 Å². The highest BCUT2D eigenvalue weighted by Gasteiger charge is 2.20. The molecular weight excluding hydrogens is 386 g/mol. The fraction of sp³-hybridized carbons (Fsp3) is 0.346. The number of aromatic nitrogens is 2. The summed E-state index contributed by atoms with van der Waals surface area (Å²) in [4.78, 5) is 22.1. The van der Waals surface area contributed by atoms with Gasteiger partial charge in [-0.05, 0) is 48.6 Å². The highest BCUT2D eigenvalue weighted by atomic mass is 16.5. The topological polar surface area (TPSA) is 64.1 Å². The van der Waals surface area contributed by atoms with Crippen LogP contribution in [-0.2, 0) is 17.6 Å². The van der Waals surface area contributed by atoms with Gasteiger partial charge in [-0.25, -0.2) is 9.97 Å². The van der Waals surface area contributed by atoms with Gasteiger partial charge in [0.15, 0.2) is 5.82 Å². The van der Waals surface area contributed by atoms with Gasteiger partial charge in [-0.15, -0.1) is 0 Å². The summed E-state index contributed by atoms with van der Waals surface area (Å²) in [6.45, 7) is 0. The molecule has 0 radical (unpaired) electrons. The van der Waals surface area contributed by atoms with Crippen molar-refractivity contribution in [2.75, 3.05) is 12.4 Å². The molecule has 160 valence electrons. The number of ether oxygens (including phenoxy) is 1. The van der Waals surface area contributed by atoms with Gasteiger partial charge in [0.25, 0.3) is 0 Å². The van der Waals surface area contributed by atoms with Crippen molar-refractivity contribution in [3.63, 3.8) is 0 Å². The summed E-state index contributed by atoms with van der Waals surface area (Å²) in [5, 5.41) is 3.02. The van der Waals surface area contributed by atoms with Crippen molar-refractivity contribution in [3.8, 4) is 17.0 Å². The smallest absolute Gasteiger partial charge is 0.225 e. The highest BCUT2D eigenvalue weighted by molar-refractivity contribution is 5.90. The van der Waals surface area contributed by atoms with Crippen molar-refractivity contribution >= 4 is 11.7 Å². The monoisotopic (exact) mass is 415 g/mol. The lowest BCUT2D eigenvalue weighted by atomic mass is 10.0. The first-order valence-electron chi connectivity index (χ1n) is 11.1. The molecule has 4 rings (SSSR count). The zero-order valence-corrected chi connectivity index (χ0v) is 18.0. The molecular formula is C26H29N3O2. The predicted molar refractivity (Wildman–Crippen MR) is 123 cm³/mol. The number of carbonyl (C=O) groups is 1. The van der Waals surface area contributed by atoms with Gasteiger partial charge in [0.05, 0.1) is 24.7 Å². The molecule has 1 aliphatic rings. The Bertz CT molecular complexity index is 997. The highest BCUT2D eigenvalue weighted by Crippen LogP contribution is 2.30. The molecule has 0 saturated heterocycles. The summed E-state index contributed by atoms with van der Waals surface area (Å²) >= 11 is 0. The van der Waals surface area contributed by atoms with E-state index in [4.69, 9.17) is 9.72 Å². The van der Waals surface area contributed by atoms with Crippen LogP contribution in [0.5, 0.6) is 5.75 Å². The lowest BCUT2D eigenvalue weighted by molar-refractivity contribution is -0.116. The molecule has 0 spiro atoms. The van der Waals surface area contributed by atoms with Crippen LogP contribution in [-0.4, -0.2) is 23.0 Å². The van der Waals surface area contributed by atoms with Gasteiger partial charge < -0.3 is 10.1 Å². The van der Waals surface area contributed by atoms with E-state index >= 15 is 0 Å². The molecule has 5 heteroatoms. The molecule has 1 saturated carbocycles. The van der Waals surface area contributed by atoms with Crippen molar-refractivity contribution < 1.29 is 9.53 Å². The van der Waals surface area contributed by atoms with E-state index in [0.29, 0.717) is 24.6 Å². The third-order valence-corrected chi connectivity index (χ3v) is 5.93. The van der Waals surface area contributed by atoms with Gasteiger partial charge in [-0.2, -0.15) is 0 Å². The first-order chi connectivity index (χ1) is 15.2. The zero-order chi connectivity index (χ0) is 21.5. The number of anilines is 1. The Morgan fingerprint density at radius 1 is 1.06 bits per heavy atom. The number of hydrogen-bond donors (Lipinski definition) is 1. The Kier molecular flexibility index (Phi) is 6.92. The van der Waals surface area contributed by atoms with Crippen LogP contribution in [0.3, 0.4) is 0 Å². The fourth-order valence-corrected chi connectivity index (χ4v) is 4.16. The molecule has 5 nitrogen and oxygen atoms in total. The third-order valence-electron chi connectivity index (χ3n) is 5.93. The maximum atomic E-state index is 12.6. The molecule has 1 aliphatic carbocycles. The van der Waals surface area contributed by atoms with Gasteiger partial charge >= 0.3 is 0 Å². The SMILES string of the molecule is COc1ccc(-c2cnc(NC(=O)CCc3ccccc3)c(CC3CCCC3)n2)cc1. The summed E-state index contributed by atoms with van der Waals surface area (Å²) in [5.41, 5.74) is 3.85. The van der Waals surface area contributed by atoms with Crippen molar-refractivity contribution in [1.82, 2.24) is 9.97 Å². The molecule has 1 fully saturated rings. The molecule has 1 N–H and O–H groups in total. The van der Waals surface area contributed by atoms with Crippen LogP contribution in [0, 0.1) is 5.92 Å². The fourth-order valence-electron chi connectivity index (χ4n) is 4.16. The largest absolute Gasteiger partial charge is 0.497 e. The Balaban J connectivity index is 1.51. The van der Waals surface area contributed by atoms with Crippen molar-refractivity contribution in [1.29, 1.82) is 0 Å². The van der Waals surface area contributed by atoms with Gasteiger partial charge in [0.1, 0.15) is 5.75 Å². The number of carbonyl (C=O) groups excluding carboxylic acids is 1. The number of amides is 1. The van der Waals surface area contributed by atoms with E-state index in [9.17, 15) is 4.79 Å². The van der Waals surface area contributed by atoms with Crippen LogP contribution >= 0.6 is 0 Å². The van der Waals surface area contributed by atoms with Crippen LogP contribution in [0.1, 0.15) is 43.4 Å². The molecule has 0 bridgehead atoms. The second-order valence-electron chi connectivity index (χ2n) is 8.17. The quantitative estimate of drug-likeness (QED) is 0.531. The third kappa shape index (κ3) is 5.69. The Labute approximate surface area is 183 Å². The average Bonchev–Trinajstić information content (AvgIpc) is 3.33. The normalized spacial score (nSPS) is 13.8. The van der Waals surface area contributed by atoms with Gasteiger partial charge in [-0.1, -0.05) is 56.0 Å². The first-order valence-corrected chi connectivity index (χ1v) is 11.1. The van der Waals surface area contributed by atoms with E-state index in [1.165, 1.54) is 25.7 Å². The molecule has 31 heavy (non-hydrogen) atoms. The summed E-state index contributed by atoms with van der Waals surface area (Å²) in [6.07, 6.45) is 8.71. The maximum absolute atomic E-state index is 12.6. The predicted octanol–water partition coefficient (Wildman–Crippen LogP) is 5.46. The Morgan fingerprint density at radius 2 is 1.81 bits per heavy atom. The maximum Gasteiger partial charge on any atom is 0.225 e. The van der Waals surface area contributed by atoms with E-state index in [2.05, 4.69) is 10.3 Å². The van der Waals surface area contributed by atoms with Crippen LogP contribution in [0.2, 0.25) is 0 Å². The summed E-state index contributed by atoms with van der Waals surface area (Å²) < 4.78 is 5.25. The molecule has 1 heterocycles. The second-order valence-corrected chi connectivity index (χ2v) is 8.17. The molecule has 1 aromatic heterocycles. The first kappa shape index (κ1) is 21.0. The van der Waals surface area contributed by atoms with Crippen LogP contribution in [0.4, 0.5) is 5.82 Å². The lowest BCUT2D eigenvalue weighted by Crippen LogP contribution is -2.17. The number of hydrogen-bond acceptors (Lipinski definition) is 4. The number of benzene rings is 2. The molecule has 0 aliphatic heterocycles. The van der Waals surface area contributed by atoms with Crippen molar-refractivity contribution in [3.05, 3.63) is 72.1 Å². The zero-order valence-electron chi connectivity index (χ0n) is 18.0. The number of rotatable bonds is 8. The van der Waals surface area contributed by atoms with Crippen molar-refractivity contribution in [2.45, 2.75) is 44.9 Å². The Hall–Kier alpha value is -3.21. The minimum atomic E-state index is -0.0250. The lowest BCUT2D eigenvalue weighted by Gasteiger charge is -2.14. The van der Waals surface area contributed by atoms with Crippen LogP contribution in [0.25, 0.3) is 11.3 Å². The number of aryl methyl sites for hydroxylation is 1. The minimum absolute atomic E-state index is 0.0250. The van der Waals surface area contributed by atoms with Gasteiger partial charge in [0.2, 0.25) is 5.91 Å². The molecule has 0 atom stereocenters. The summed E-state index contributed by atoms with van der Waals surface area (Å²) in [6, 6.07) is 17.9. The van der Waals surface area contributed by atoms with Crippen molar-refractivity contribution in [2.24, 2.45) is 5.92 Å². The van der Waals surface area contributed by atoms with Crippen LogP contribution < -0.4 is 10.1 Å². The second kappa shape index (κ2) is 10.2. The minimum Gasteiger partial charge on any atom is -0.497 e. The number of methoxy groups -OCH3 is 1. The van der Waals surface area contributed by atoms with E-state index < -0.39 is 0 Å². The number of nitrogens with zero attached hydrogens (tertiary/aromatic N) is 2. The standard InChI is InChI=1S/C26H29N3O2/c1-31-22-14-12-21(13-15-22)24-18-27-26(23(28-24)17-20-9-5-6-10-20)29-25(30)16-11-19-7-3-2-4-8-19/h2-4,7-8,12-15,18,20H,5-6,9-11,16-17H2,1H3,(H,27,29,30). The molecule has 2 aromatic carbocycles. The summed E-state index contributed by atoms with van der Waals surface area (Å²) in [7, 11) is 1.66. The van der Waals surface area contributed by atoms with E-state index in [0.717, 1.165) is 34.7 Å². The van der Waals surface area contributed by atoms with Crippen LogP contribution in [0.15, 0.2) is 60.8 Å². The van der Waals surface area contributed by atoms with E-state index in [-0.39, 0.29) is 5.91 Å². The molecule has 3 aromatic rings. The number of nitrogens with one attached hydrogen (secondary N) is 1. The Morgan fingerprint density at radius 3 is 2.52 bits per heavy atom. The van der Waals surface area contributed by atoms with Gasteiger partial charge in [-0.3, -0.25) is 4.79 Å². The molecule has 0 unspecified atom stereocenters. The summed E-state index contributed by atoms with van der Waals surface area (Å²) in [5.74, 6) is 2.00. The average molecular weight is 416 g/mol. The molecule has 1 amide bonds. The van der Waals surface area contributed by atoms with Gasteiger partial charge in [0, 0.05) is 12.0 Å². The van der Waals surface area contributed by atoms with E-state index in [1.807, 2.05) is 54.6 Å².